The Morgan fingerprint density at radius 1 is 0.935 bits per heavy atom. The van der Waals surface area contributed by atoms with Crippen molar-refractivity contribution >= 4 is 5.91 Å². The Morgan fingerprint density at radius 3 is 2.23 bits per heavy atom. The van der Waals surface area contributed by atoms with Crippen LogP contribution in [0.25, 0.3) is 0 Å². The molecule has 0 saturated carbocycles. The van der Waals surface area contributed by atoms with Crippen LogP contribution in [0.1, 0.15) is 22.3 Å². The van der Waals surface area contributed by atoms with Crippen LogP contribution in [-0.4, -0.2) is 59.6 Å². The predicted molar refractivity (Wildman–Crippen MR) is 98.8 cm³/mol. The molecule has 0 radical (unpaired) electrons. The molecule has 0 bridgehead atoms. The molecule has 5 nitrogen and oxygen atoms in total. The second kappa shape index (κ2) is 9.13. The van der Waals surface area contributed by atoms with Crippen molar-refractivity contribution in [1.82, 2.24) is 14.8 Å². The quantitative estimate of drug-likeness (QED) is 0.643. The zero-order chi connectivity index (χ0) is 22.6. The van der Waals surface area contributed by atoms with Gasteiger partial charge >= 0.3 is 12.4 Å². The van der Waals surface area contributed by atoms with Crippen LogP contribution in [0.3, 0.4) is 0 Å². The minimum absolute atomic E-state index is 0.0376. The summed E-state index contributed by atoms with van der Waals surface area (Å²) in [7, 11) is 0. The molecule has 1 aromatic heterocycles. The van der Waals surface area contributed by atoms with Crippen molar-refractivity contribution in [1.29, 1.82) is 0 Å². The number of hydrogen-bond acceptors (Lipinski definition) is 4. The van der Waals surface area contributed by atoms with Crippen molar-refractivity contribution in [3.8, 4) is 11.6 Å². The van der Waals surface area contributed by atoms with Crippen LogP contribution >= 0.6 is 0 Å². The van der Waals surface area contributed by atoms with Gasteiger partial charge < -0.3 is 9.64 Å². The number of benzene rings is 1. The topological polar surface area (TPSA) is 45.7 Å². The Hall–Kier alpha value is -2.82. The van der Waals surface area contributed by atoms with Gasteiger partial charge in [-0.3, -0.25) is 9.69 Å². The fraction of sp³-hybridized carbons (Fsp3) is 0.400. The standard InChI is InChI=1S/C20H19F6N3O2/c21-19(22,23)13-28-8-1-9-29(11-10-28)18(30)14-2-5-16(6-3-14)31-17-7-4-15(12-27-17)20(24,25)26/h2-7,12H,1,8-11,13H2. The maximum Gasteiger partial charge on any atom is 0.417 e. The summed E-state index contributed by atoms with van der Waals surface area (Å²) < 4.78 is 80.8. The number of ether oxygens (including phenoxy) is 1. The lowest BCUT2D eigenvalue weighted by Crippen LogP contribution is -2.38. The molecule has 0 spiro atoms. The van der Waals surface area contributed by atoms with E-state index in [0.717, 1.165) is 12.1 Å². The number of carbonyl (C=O) groups is 1. The lowest BCUT2D eigenvalue weighted by atomic mass is 10.2. The van der Waals surface area contributed by atoms with Crippen LogP contribution in [0.2, 0.25) is 0 Å². The van der Waals surface area contributed by atoms with Crippen LogP contribution in [0.15, 0.2) is 42.6 Å². The number of rotatable bonds is 4. The molecule has 0 unspecified atom stereocenters. The summed E-state index contributed by atoms with van der Waals surface area (Å²) >= 11 is 0. The number of aromatic nitrogens is 1. The average Bonchev–Trinajstić information content (AvgIpc) is 2.92. The Bertz CT molecular complexity index is 882. The van der Waals surface area contributed by atoms with Gasteiger partial charge in [0.2, 0.25) is 5.88 Å². The van der Waals surface area contributed by atoms with Crippen molar-refractivity contribution in [3.63, 3.8) is 0 Å². The minimum atomic E-state index is -4.50. The van der Waals surface area contributed by atoms with Crippen molar-refractivity contribution in [2.45, 2.75) is 18.8 Å². The van der Waals surface area contributed by atoms with Gasteiger partial charge in [0.05, 0.1) is 12.1 Å². The van der Waals surface area contributed by atoms with E-state index in [2.05, 4.69) is 4.98 Å². The van der Waals surface area contributed by atoms with Crippen LogP contribution in [0, 0.1) is 0 Å². The fourth-order valence-corrected chi connectivity index (χ4v) is 3.16. The van der Waals surface area contributed by atoms with E-state index in [1.165, 1.54) is 34.1 Å². The molecule has 11 heteroatoms. The SMILES string of the molecule is O=C(c1ccc(Oc2ccc(C(F)(F)F)cn2)cc1)N1CCCN(CC(F)(F)F)CC1. The van der Waals surface area contributed by atoms with Crippen molar-refractivity contribution < 1.29 is 35.9 Å². The zero-order valence-corrected chi connectivity index (χ0v) is 16.2. The lowest BCUT2D eigenvalue weighted by Gasteiger charge is -2.23. The summed E-state index contributed by atoms with van der Waals surface area (Å²) in [4.78, 5) is 19.1. The monoisotopic (exact) mass is 447 g/mol. The molecular formula is C20H19F6N3O2. The first kappa shape index (κ1) is 22.9. The molecule has 3 rings (SSSR count). The molecule has 1 fully saturated rings. The third kappa shape index (κ3) is 6.58. The Balaban J connectivity index is 1.59. The molecular weight excluding hydrogens is 428 g/mol. The van der Waals surface area contributed by atoms with Gasteiger partial charge in [-0.1, -0.05) is 0 Å². The highest BCUT2D eigenvalue weighted by atomic mass is 19.4. The number of hydrogen-bond donors (Lipinski definition) is 0. The fourth-order valence-electron chi connectivity index (χ4n) is 3.16. The summed E-state index contributed by atoms with van der Waals surface area (Å²) in [6.45, 7) is -0.0785. The van der Waals surface area contributed by atoms with Gasteiger partial charge in [-0.15, -0.1) is 0 Å². The number of carbonyl (C=O) groups excluding carboxylic acids is 1. The molecule has 1 saturated heterocycles. The minimum Gasteiger partial charge on any atom is -0.439 e. The maximum atomic E-state index is 12.7. The highest BCUT2D eigenvalue weighted by Gasteiger charge is 2.32. The normalized spacial score (nSPS) is 16.1. The molecule has 0 aliphatic carbocycles. The summed E-state index contributed by atoms with van der Waals surface area (Å²) in [6.07, 6.45) is -7.68. The molecule has 0 N–H and O–H groups in total. The third-order valence-corrected chi connectivity index (χ3v) is 4.67. The zero-order valence-electron chi connectivity index (χ0n) is 16.2. The molecule has 1 aliphatic heterocycles. The van der Waals surface area contributed by atoms with E-state index in [1.807, 2.05) is 0 Å². The first-order valence-corrected chi connectivity index (χ1v) is 9.41. The first-order valence-electron chi connectivity index (χ1n) is 9.41. The van der Waals surface area contributed by atoms with Crippen LogP contribution in [0.5, 0.6) is 11.6 Å². The number of amides is 1. The summed E-state index contributed by atoms with van der Waals surface area (Å²) in [6, 6.07) is 7.86. The van der Waals surface area contributed by atoms with Gasteiger partial charge in [-0.05, 0) is 36.8 Å². The van der Waals surface area contributed by atoms with Gasteiger partial charge in [0, 0.05) is 44.0 Å². The highest BCUT2D eigenvalue weighted by Crippen LogP contribution is 2.30. The van der Waals surface area contributed by atoms with Gasteiger partial charge in [-0.25, -0.2) is 4.98 Å². The van der Waals surface area contributed by atoms with Gasteiger partial charge in [0.15, 0.2) is 0 Å². The van der Waals surface area contributed by atoms with Gasteiger partial charge in [0.1, 0.15) is 5.75 Å². The molecule has 0 atom stereocenters. The smallest absolute Gasteiger partial charge is 0.417 e. The van der Waals surface area contributed by atoms with E-state index in [9.17, 15) is 31.1 Å². The molecule has 1 aromatic carbocycles. The van der Waals surface area contributed by atoms with Crippen molar-refractivity contribution in [2.75, 3.05) is 32.7 Å². The molecule has 1 amide bonds. The summed E-state index contributed by atoms with van der Waals surface area (Å²) in [5.74, 6) is -0.0755. The van der Waals surface area contributed by atoms with Gasteiger partial charge in [-0.2, -0.15) is 26.3 Å². The largest absolute Gasteiger partial charge is 0.439 e. The van der Waals surface area contributed by atoms with Crippen LogP contribution in [0.4, 0.5) is 26.3 Å². The van der Waals surface area contributed by atoms with E-state index in [0.29, 0.717) is 24.7 Å². The van der Waals surface area contributed by atoms with E-state index < -0.39 is 24.5 Å². The van der Waals surface area contributed by atoms with Crippen LogP contribution in [-0.2, 0) is 6.18 Å². The number of pyridine rings is 1. The number of nitrogens with zero attached hydrogens (tertiary/aromatic N) is 3. The Morgan fingerprint density at radius 2 is 1.65 bits per heavy atom. The molecule has 2 aromatic rings. The van der Waals surface area contributed by atoms with E-state index >= 15 is 0 Å². The molecule has 1 aliphatic rings. The number of alkyl halides is 6. The van der Waals surface area contributed by atoms with Gasteiger partial charge in [0.25, 0.3) is 5.91 Å². The van der Waals surface area contributed by atoms with Crippen LogP contribution < -0.4 is 4.74 Å². The highest BCUT2D eigenvalue weighted by molar-refractivity contribution is 5.94. The number of halogens is 6. The second-order valence-electron chi connectivity index (χ2n) is 7.05. The van der Waals surface area contributed by atoms with E-state index in [-0.39, 0.29) is 37.2 Å². The molecule has 168 valence electrons. The second-order valence-corrected chi connectivity index (χ2v) is 7.05. The van der Waals surface area contributed by atoms with E-state index in [1.54, 1.807) is 0 Å². The summed E-state index contributed by atoms with van der Waals surface area (Å²) in [5, 5.41) is 0. The molecule has 2 heterocycles. The third-order valence-electron chi connectivity index (χ3n) is 4.67. The Kier molecular flexibility index (Phi) is 6.73. The Labute approximate surface area is 174 Å². The van der Waals surface area contributed by atoms with Crippen molar-refractivity contribution in [3.05, 3.63) is 53.7 Å². The van der Waals surface area contributed by atoms with E-state index in [4.69, 9.17) is 4.74 Å². The maximum absolute atomic E-state index is 12.7. The molecule has 31 heavy (non-hydrogen) atoms. The van der Waals surface area contributed by atoms with Crippen molar-refractivity contribution in [2.24, 2.45) is 0 Å². The lowest BCUT2D eigenvalue weighted by molar-refractivity contribution is -0.145. The summed E-state index contributed by atoms with van der Waals surface area (Å²) in [5.41, 5.74) is -0.566. The average molecular weight is 447 g/mol. The predicted octanol–water partition coefficient (Wildman–Crippen LogP) is 4.60. The first-order chi connectivity index (χ1) is 14.5.